The van der Waals surface area contributed by atoms with Crippen LogP contribution in [0.15, 0.2) is 24.3 Å². The Morgan fingerprint density at radius 1 is 1.29 bits per heavy atom. The predicted molar refractivity (Wildman–Crippen MR) is 76.1 cm³/mol. The van der Waals surface area contributed by atoms with Crippen LogP contribution in [0.3, 0.4) is 0 Å². The minimum Gasteiger partial charge on any atom is -0.481 e. The maximum atomic E-state index is 12.6. The summed E-state index contributed by atoms with van der Waals surface area (Å²) in [6.45, 7) is 5.24. The van der Waals surface area contributed by atoms with Crippen molar-refractivity contribution in [1.29, 1.82) is 0 Å². The van der Waals surface area contributed by atoms with Crippen molar-refractivity contribution < 1.29 is 19.6 Å². The zero-order valence-corrected chi connectivity index (χ0v) is 12.2. The zero-order valence-electron chi connectivity index (χ0n) is 12.2. The molecule has 0 aliphatic carbocycles. The van der Waals surface area contributed by atoms with Crippen LogP contribution in [0.5, 0.6) is 0 Å². The Bertz CT molecular complexity index is 563. The summed E-state index contributed by atoms with van der Waals surface area (Å²) < 4.78 is 0. The van der Waals surface area contributed by atoms with E-state index in [0.29, 0.717) is 0 Å². The summed E-state index contributed by atoms with van der Waals surface area (Å²) in [5, 5.41) is 19.8. The summed E-state index contributed by atoms with van der Waals surface area (Å²) in [5.74, 6) is -1.57. The van der Waals surface area contributed by atoms with E-state index in [1.807, 2.05) is 0 Å². The quantitative estimate of drug-likeness (QED) is 0.663. The van der Waals surface area contributed by atoms with Gasteiger partial charge in [-0.3, -0.25) is 19.7 Å². The van der Waals surface area contributed by atoms with E-state index in [0.717, 1.165) is 0 Å². The fraction of sp³-hybridized carbons (Fsp3) is 0.429. The Kier molecular flexibility index (Phi) is 5.02. The van der Waals surface area contributed by atoms with Gasteiger partial charge in [0.25, 0.3) is 11.6 Å². The van der Waals surface area contributed by atoms with Gasteiger partial charge in [0.15, 0.2) is 0 Å². The first-order chi connectivity index (χ1) is 9.64. The van der Waals surface area contributed by atoms with Crippen LogP contribution in [0, 0.1) is 10.1 Å². The lowest BCUT2D eigenvalue weighted by molar-refractivity contribution is -0.385. The molecule has 7 nitrogen and oxygen atoms in total. The van der Waals surface area contributed by atoms with Crippen LogP contribution in [0.25, 0.3) is 0 Å². The summed E-state index contributed by atoms with van der Waals surface area (Å²) in [5.41, 5.74) is -0.967. The minimum absolute atomic E-state index is 0.0102. The number of carbonyl (C=O) groups is 2. The first-order valence-corrected chi connectivity index (χ1v) is 6.41. The molecule has 0 aromatic heterocycles. The second kappa shape index (κ2) is 6.34. The lowest BCUT2D eigenvalue weighted by atomic mass is 10.0. The van der Waals surface area contributed by atoms with E-state index in [1.54, 1.807) is 20.8 Å². The van der Waals surface area contributed by atoms with Gasteiger partial charge in [0.1, 0.15) is 5.56 Å². The van der Waals surface area contributed by atoms with Crippen LogP contribution in [0.1, 0.15) is 37.6 Å². The molecule has 1 N–H and O–H groups in total. The average molecular weight is 294 g/mol. The second-order valence-electron chi connectivity index (χ2n) is 5.55. The third-order valence-electron chi connectivity index (χ3n) is 2.94. The predicted octanol–water partition coefficient (Wildman–Crippen LogP) is 2.31. The van der Waals surface area contributed by atoms with Crippen LogP contribution < -0.4 is 0 Å². The third-order valence-corrected chi connectivity index (χ3v) is 2.94. The molecule has 0 unspecified atom stereocenters. The Morgan fingerprint density at radius 3 is 2.33 bits per heavy atom. The summed E-state index contributed by atoms with van der Waals surface area (Å²) in [6, 6.07) is 5.65. The Balaban J connectivity index is 3.17. The number of rotatable bonds is 5. The largest absolute Gasteiger partial charge is 0.481 e. The number of benzene rings is 1. The van der Waals surface area contributed by atoms with Gasteiger partial charge < -0.3 is 10.0 Å². The molecule has 0 radical (unpaired) electrons. The molecule has 0 heterocycles. The zero-order chi connectivity index (χ0) is 16.2. The molecule has 0 aliphatic rings. The van der Waals surface area contributed by atoms with Crippen LogP contribution in [-0.4, -0.2) is 38.9 Å². The van der Waals surface area contributed by atoms with Crippen molar-refractivity contribution in [3.8, 4) is 0 Å². The normalized spacial score (nSPS) is 11.0. The van der Waals surface area contributed by atoms with Crippen molar-refractivity contribution >= 4 is 17.6 Å². The van der Waals surface area contributed by atoms with Crippen molar-refractivity contribution in [2.45, 2.75) is 32.7 Å². The van der Waals surface area contributed by atoms with Gasteiger partial charge in [0.05, 0.1) is 11.3 Å². The number of carboxylic acid groups (broad SMARTS) is 1. The number of para-hydroxylation sites is 1. The highest BCUT2D eigenvalue weighted by Gasteiger charge is 2.31. The topological polar surface area (TPSA) is 101 Å². The number of carboxylic acids is 1. The average Bonchev–Trinajstić information content (AvgIpc) is 2.36. The Morgan fingerprint density at radius 2 is 1.86 bits per heavy atom. The van der Waals surface area contributed by atoms with Crippen molar-refractivity contribution in [3.63, 3.8) is 0 Å². The van der Waals surface area contributed by atoms with Gasteiger partial charge in [-0.15, -0.1) is 0 Å². The highest BCUT2D eigenvalue weighted by molar-refractivity contribution is 5.98. The molecule has 0 bridgehead atoms. The van der Waals surface area contributed by atoms with Gasteiger partial charge in [-0.05, 0) is 26.8 Å². The number of hydrogen-bond donors (Lipinski definition) is 1. The molecular weight excluding hydrogens is 276 g/mol. The minimum atomic E-state index is -1.03. The Labute approximate surface area is 122 Å². The highest BCUT2D eigenvalue weighted by atomic mass is 16.6. The molecule has 21 heavy (non-hydrogen) atoms. The first kappa shape index (κ1) is 16.6. The number of aliphatic carboxylic acids is 1. The smallest absolute Gasteiger partial charge is 0.305 e. The molecule has 1 aromatic carbocycles. The van der Waals surface area contributed by atoms with Crippen LogP contribution >= 0.6 is 0 Å². The maximum Gasteiger partial charge on any atom is 0.305 e. The summed E-state index contributed by atoms with van der Waals surface area (Å²) in [4.78, 5) is 35.0. The molecule has 7 heteroatoms. The van der Waals surface area contributed by atoms with Gasteiger partial charge in [-0.1, -0.05) is 12.1 Å². The number of nitro benzene ring substituents is 1. The van der Waals surface area contributed by atoms with E-state index >= 15 is 0 Å². The van der Waals surface area contributed by atoms with E-state index in [9.17, 15) is 19.7 Å². The van der Waals surface area contributed by atoms with Crippen molar-refractivity contribution in [1.82, 2.24) is 4.90 Å². The lowest BCUT2D eigenvalue weighted by Gasteiger charge is -2.35. The van der Waals surface area contributed by atoms with E-state index in [2.05, 4.69) is 0 Å². The molecule has 0 aliphatic heterocycles. The summed E-state index contributed by atoms with van der Waals surface area (Å²) in [6.07, 6.45) is -0.219. The molecule has 0 atom stereocenters. The van der Waals surface area contributed by atoms with Crippen molar-refractivity contribution in [3.05, 3.63) is 39.9 Å². The number of hydrogen-bond acceptors (Lipinski definition) is 4. The number of carbonyl (C=O) groups excluding carboxylic acids is 1. The van der Waals surface area contributed by atoms with Crippen LogP contribution in [-0.2, 0) is 4.79 Å². The van der Waals surface area contributed by atoms with Gasteiger partial charge in [0, 0.05) is 18.2 Å². The van der Waals surface area contributed by atoms with Crippen molar-refractivity contribution in [2.24, 2.45) is 0 Å². The molecule has 1 rings (SSSR count). The van der Waals surface area contributed by atoms with E-state index in [1.165, 1.54) is 29.2 Å². The number of amides is 1. The monoisotopic (exact) mass is 294 g/mol. The maximum absolute atomic E-state index is 12.6. The fourth-order valence-electron chi connectivity index (χ4n) is 1.91. The van der Waals surface area contributed by atoms with Gasteiger partial charge in [-0.25, -0.2) is 0 Å². The van der Waals surface area contributed by atoms with E-state index in [-0.39, 0.29) is 24.2 Å². The van der Waals surface area contributed by atoms with E-state index < -0.39 is 22.3 Å². The highest BCUT2D eigenvalue weighted by Crippen LogP contribution is 2.24. The standard InChI is InChI=1S/C14H18N2O5/c1-14(2,3)15(9-8-12(17)18)13(19)10-6-4-5-7-11(10)16(20)21/h4-7H,8-9H2,1-3H3,(H,17,18). The fourth-order valence-corrected chi connectivity index (χ4v) is 1.91. The second-order valence-corrected chi connectivity index (χ2v) is 5.55. The molecule has 0 saturated heterocycles. The number of nitrogens with zero attached hydrogens (tertiary/aromatic N) is 2. The molecule has 1 aromatic rings. The molecule has 1 amide bonds. The molecule has 0 saturated carbocycles. The molecule has 114 valence electrons. The molecule has 0 fully saturated rings. The first-order valence-electron chi connectivity index (χ1n) is 6.41. The SMILES string of the molecule is CC(C)(C)N(CCC(=O)O)C(=O)c1ccccc1[N+](=O)[O-]. The number of nitro groups is 1. The van der Waals surface area contributed by atoms with Crippen LogP contribution in [0.2, 0.25) is 0 Å². The third kappa shape index (κ3) is 4.27. The van der Waals surface area contributed by atoms with E-state index in [4.69, 9.17) is 5.11 Å². The Hall–Kier alpha value is -2.44. The van der Waals surface area contributed by atoms with Gasteiger partial charge in [-0.2, -0.15) is 0 Å². The van der Waals surface area contributed by atoms with Gasteiger partial charge >= 0.3 is 5.97 Å². The van der Waals surface area contributed by atoms with Crippen molar-refractivity contribution in [2.75, 3.05) is 6.54 Å². The van der Waals surface area contributed by atoms with Crippen LogP contribution in [0.4, 0.5) is 5.69 Å². The van der Waals surface area contributed by atoms with Gasteiger partial charge in [0.2, 0.25) is 0 Å². The molecular formula is C14H18N2O5. The lowest BCUT2D eigenvalue weighted by Crippen LogP contribution is -2.46. The molecule has 0 spiro atoms. The summed E-state index contributed by atoms with van der Waals surface area (Å²) in [7, 11) is 0. The summed E-state index contributed by atoms with van der Waals surface area (Å²) >= 11 is 0.